The highest BCUT2D eigenvalue weighted by Gasteiger charge is 2.25. The first-order chi connectivity index (χ1) is 13.0. The summed E-state index contributed by atoms with van der Waals surface area (Å²) in [7, 11) is 1.62. The van der Waals surface area contributed by atoms with Crippen molar-refractivity contribution < 1.29 is 14.3 Å². The molecule has 0 saturated carbocycles. The van der Waals surface area contributed by atoms with Crippen molar-refractivity contribution in [3.05, 3.63) is 65.7 Å². The molecule has 0 spiro atoms. The number of rotatable bonds is 9. The van der Waals surface area contributed by atoms with Gasteiger partial charge in [-0.3, -0.25) is 9.59 Å². The zero-order valence-corrected chi connectivity index (χ0v) is 16.3. The maximum atomic E-state index is 12.7. The molecule has 0 heterocycles. The van der Waals surface area contributed by atoms with Gasteiger partial charge in [0.05, 0.1) is 7.11 Å². The number of nitrogens with one attached hydrogen (secondary N) is 1. The van der Waals surface area contributed by atoms with Crippen LogP contribution in [0.4, 0.5) is 0 Å². The summed E-state index contributed by atoms with van der Waals surface area (Å²) in [5.41, 5.74) is 1.99. The van der Waals surface area contributed by atoms with Gasteiger partial charge in [-0.1, -0.05) is 49.4 Å². The second kappa shape index (κ2) is 10.4. The average Bonchev–Trinajstić information content (AvgIpc) is 2.71. The molecule has 2 rings (SSSR count). The number of ether oxygens (including phenoxy) is 1. The van der Waals surface area contributed by atoms with Crippen LogP contribution in [0.1, 0.15) is 37.8 Å². The predicted octanol–water partition coefficient (Wildman–Crippen LogP) is 3.53. The maximum Gasteiger partial charge on any atom is 0.242 e. The van der Waals surface area contributed by atoms with E-state index in [1.54, 1.807) is 18.9 Å². The normalized spacial score (nSPS) is 11.5. The highest BCUT2D eigenvalue weighted by molar-refractivity contribution is 5.87. The first-order valence-corrected chi connectivity index (χ1v) is 9.29. The number of carbonyl (C=O) groups excluding carboxylic acids is 2. The number of amides is 2. The Balaban J connectivity index is 2.02. The van der Waals surface area contributed by atoms with Gasteiger partial charge in [-0.2, -0.15) is 0 Å². The third-order valence-corrected chi connectivity index (χ3v) is 4.45. The van der Waals surface area contributed by atoms with Crippen molar-refractivity contribution in [2.24, 2.45) is 0 Å². The van der Waals surface area contributed by atoms with Crippen molar-refractivity contribution in [3.63, 3.8) is 0 Å². The molecular weight excluding hydrogens is 340 g/mol. The Morgan fingerprint density at radius 3 is 2.30 bits per heavy atom. The van der Waals surface area contributed by atoms with Crippen molar-refractivity contribution >= 4 is 11.8 Å². The quantitative estimate of drug-likeness (QED) is 0.737. The van der Waals surface area contributed by atoms with Crippen LogP contribution in [0.5, 0.6) is 5.75 Å². The van der Waals surface area contributed by atoms with Gasteiger partial charge in [0.2, 0.25) is 11.8 Å². The number of carbonyl (C=O) groups is 2. The summed E-state index contributed by atoms with van der Waals surface area (Å²) in [4.78, 5) is 26.9. The van der Waals surface area contributed by atoms with Crippen LogP contribution in [0.15, 0.2) is 54.6 Å². The molecule has 0 aromatic heterocycles. The highest BCUT2D eigenvalue weighted by Crippen LogP contribution is 2.13. The van der Waals surface area contributed by atoms with E-state index in [1.807, 2.05) is 61.5 Å². The molecule has 0 bridgehead atoms. The van der Waals surface area contributed by atoms with E-state index < -0.39 is 6.04 Å². The van der Waals surface area contributed by atoms with Crippen molar-refractivity contribution in [3.8, 4) is 5.75 Å². The van der Waals surface area contributed by atoms with E-state index >= 15 is 0 Å². The molecule has 2 aromatic carbocycles. The number of hydrogen-bond acceptors (Lipinski definition) is 3. The van der Waals surface area contributed by atoms with E-state index in [0.717, 1.165) is 23.3 Å². The van der Waals surface area contributed by atoms with E-state index in [-0.39, 0.29) is 11.8 Å². The fourth-order valence-corrected chi connectivity index (χ4v) is 2.80. The molecule has 0 aliphatic rings. The second-order valence-electron chi connectivity index (χ2n) is 6.50. The topological polar surface area (TPSA) is 58.6 Å². The van der Waals surface area contributed by atoms with Crippen LogP contribution in [-0.4, -0.2) is 29.9 Å². The number of benzene rings is 2. The Kier molecular flexibility index (Phi) is 7.86. The van der Waals surface area contributed by atoms with Crippen LogP contribution in [0, 0.1) is 0 Å². The molecule has 2 amide bonds. The Hall–Kier alpha value is -2.82. The van der Waals surface area contributed by atoms with E-state index in [0.29, 0.717) is 19.5 Å². The van der Waals surface area contributed by atoms with Crippen LogP contribution in [0.25, 0.3) is 0 Å². The smallest absolute Gasteiger partial charge is 0.242 e. The average molecular weight is 368 g/mol. The molecule has 0 radical (unpaired) electrons. The fourth-order valence-electron chi connectivity index (χ4n) is 2.80. The molecule has 5 nitrogen and oxygen atoms in total. The summed E-state index contributed by atoms with van der Waals surface area (Å²) < 4.78 is 5.14. The molecule has 0 fully saturated rings. The summed E-state index contributed by atoms with van der Waals surface area (Å²) >= 11 is 0. The minimum atomic E-state index is -0.539. The molecule has 0 aliphatic carbocycles. The van der Waals surface area contributed by atoms with Crippen LogP contribution in [0.3, 0.4) is 0 Å². The molecule has 1 N–H and O–H groups in total. The molecule has 27 heavy (non-hydrogen) atoms. The Labute approximate surface area is 161 Å². The minimum absolute atomic E-state index is 0.00606. The largest absolute Gasteiger partial charge is 0.497 e. The lowest BCUT2D eigenvalue weighted by atomic mass is 10.1. The summed E-state index contributed by atoms with van der Waals surface area (Å²) in [6.07, 6.45) is 1.19. The number of nitrogens with zero attached hydrogens (tertiary/aromatic N) is 1. The molecule has 0 aliphatic heterocycles. The molecule has 144 valence electrons. The zero-order chi connectivity index (χ0) is 19.6. The lowest BCUT2D eigenvalue weighted by Crippen LogP contribution is -2.47. The first-order valence-electron chi connectivity index (χ1n) is 9.29. The molecule has 0 saturated heterocycles. The van der Waals surface area contributed by atoms with Crippen LogP contribution >= 0.6 is 0 Å². The standard InChI is InChI=1S/C22H28N2O3/c1-4-8-21(25)24(16-19-9-6-5-7-10-19)17(2)22(26)23-15-18-11-13-20(27-3)14-12-18/h5-7,9-14,17H,4,8,15-16H2,1-3H3,(H,23,26)/t17-/m0/s1. The summed E-state index contributed by atoms with van der Waals surface area (Å²) in [5, 5.41) is 2.93. The van der Waals surface area contributed by atoms with Crippen molar-refractivity contribution in [2.75, 3.05) is 7.11 Å². The lowest BCUT2D eigenvalue weighted by Gasteiger charge is -2.28. The van der Waals surface area contributed by atoms with Crippen LogP contribution < -0.4 is 10.1 Å². The van der Waals surface area contributed by atoms with E-state index in [1.165, 1.54) is 0 Å². The van der Waals surface area contributed by atoms with Gasteiger partial charge in [0, 0.05) is 19.5 Å². The lowest BCUT2D eigenvalue weighted by molar-refractivity contribution is -0.140. The van der Waals surface area contributed by atoms with E-state index in [4.69, 9.17) is 4.74 Å². The van der Waals surface area contributed by atoms with Gasteiger partial charge >= 0.3 is 0 Å². The molecule has 2 aromatic rings. The van der Waals surface area contributed by atoms with E-state index in [2.05, 4.69) is 5.32 Å². The summed E-state index contributed by atoms with van der Waals surface area (Å²) in [6.45, 7) is 4.58. The summed E-state index contributed by atoms with van der Waals surface area (Å²) in [5.74, 6) is 0.609. The van der Waals surface area contributed by atoms with Gasteiger partial charge in [-0.15, -0.1) is 0 Å². The summed E-state index contributed by atoms with van der Waals surface area (Å²) in [6, 6.07) is 16.7. The SMILES string of the molecule is CCCC(=O)N(Cc1ccccc1)[C@@H](C)C(=O)NCc1ccc(OC)cc1. The van der Waals surface area contributed by atoms with Crippen molar-refractivity contribution in [1.82, 2.24) is 10.2 Å². The van der Waals surface area contributed by atoms with Crippen LogP contribution in [-0.2, 0) is 22.7 Å². The second-order valence-corrected chi connectivity index (χ2v) is 6.50. The monoisotopic (exact) mass is 368 g/mol. The van der Waals surface area contributed by atoms with Gasteiger partial charge in [0.1, 0.15) is 11.8 Å². The minimum Gasteiger partial charge on any atom is -0.497 e. The third kappa shape index (κ3) is 6.13. The zero-order valence-electron chi connectivity index (χ0n) is 16.3. The molecule has 0 unspecified atom stereocenters. The van der Waals surface area contributed by atoms with Crippen molar-refractivity contribution in [2.45, 2.75) is 45.8 Å². The highest BCUT2D eigenvalue weighted by atomic mass is 16.5. The molecule has 5 heteroatoms. The fraction of sp³-hybridized carbons (Fsp3) is 0.364. The predicted molar refractivity (Wildman–Crippen MR) is 106 cm³/mol. The van der Waals surface area contributed by atoms with Gasteiger partial charge in [0.25, 0.3) is 0 Å². The van der Waals surface area contributed by atoms with Gasteiger partial charge < -0.3 is 15.0 Å². The number of methoxy groups -OCH3 is 1. The van der Waals surface area contributed by atoms with E-state index in [9.17, 15) is 9.59 Å². The first kappa shape index (κ1) is 20.5. The van der Waals surface area contributed by atoms with Gasteiger partial charge in [-0.05, 0) is 36.6 Å². The molecule has 1 atom stereocenters. The van der Waals surface area contributed by atoms with Gasteiger partial charge in [0.15, 0.2) is 0 Å². The molecular formula is C22H28N2O3. The Morgan fingerprint density at radius 1 is 1.04 bits per heavy atom. The van der Waals surface area contributed by atoms with Crippen molar-refractivity contribution in [1.29, 1.82) is 0 Å². The Morgan fingerprint density at radius 2 is 1.70 bits per heavy atom. The number of hydrogen-bond donors (Lipinski definition) is 1. The Bertz CT molecular complexity index is 729. The van der Waals surface area contributed by atoms with Crippen LogP contribution in [0.2, 0.25) is 0 Å². The van der Waals surface area contributed by atoms with Gasteiger partial charge in [-0.25, -0.2) is 0 Å². The maximum absolute atomic E-state index is 12.7. The third-order valence-electron chi connectivity index (χ3n) is 4.45.